The Morgan fingerprint density at radius 1 is 1.26 bits per heavy atom. The summed E-state index contributed by atoms with van der Waals surface area (Å²) in [5.41, 5.74) is 7.18. The van der Waals surface area contributed by atoms with E-state index in [9.17, 15) is 0 Å². The Morgan fingerprint density at radius 2 is 2.00 bits per heavy atom. The van der Waals surface area contributed by atoms with Gasteiger partial charge in [0.15, 0.2) is 0 Å². The monoisotopic (exact) mass is 260 g/mol. The normalized spacial score (nSPS) is 17.8. The Labute approximate surface area is 117 Å². The fourth-order valence-electron chi connectivity index (χ4n) is 3.27. The lowest BCUT2D eigenvalue weighted by Gasteiger charge is -2.19. The third-order valence-electron chi connectivity index (χ3n) is 4.60. The molecule has 1 aliphatic rings. The van der Waals surface area contributed by atoms with E-state index in [-0.39, 0.29) is 0 Å². The minimum Gasteiger partial charge on any atom is -0.271 e. The van der Waals surface area contributed by atoms with Gasteiger partial charge in [0.05, 0.1) is 0 Å². The SMILES string of the molecule is Cc1ccc(C)c(CC(CCC2CCCC2)NN)c1. The van der Waals surface area contributed by atoms with Crippen LogP contribution in [-0.2, 0) is 6.42 Å². The van der Waals surface area contributed by atoms with Gasteiger partial charge in [0.25, 0.3) is 0 Å². The van der Waals surface area contributed by atoms with Crippen LogP contribution in [0.3, 0.4) is 0 Å². The highest BCUT2D eigenvalue weighted by molar-refractivity contribution is 5.31. The van der Waals surface area contributed by atoms with Gasteiger partial charge in [-0.2, -0.15) is 0 Å². The molecule has 0 bridgehead atoms. The first-order valence-electron chi connectivity index (χ1n) is 7.71. The van der Waals surface area contributed by atoms with Crippen molar-refractivity contribution in [3.8, 4) is 0 Å². The molecule has 0 aromatic heterocycles. The summed E-state index contributed by atoms with van der Waals surface area (Å²) in [7, 11) is 0. The van der Waals surface area contributed by atoms with Crippen molar-refractivity contribution in [1.82, 2.24) is 5.43 Å². The molecular weight excluding hydrogens is 232 g/mol. The number of nitrogens with one attached hydrogen (secondary N) is 1. The zero-order valence-corrected chi connectivity index (χ0v) is 12.4. The van der Waals surface area contributed by atoms with Gasteiger partial charge in [-0.3, -0.25) is 11.3 Å². The van der Waals surface area contributed by atoms with Gasteiger partial charge in [0.2, 0.25) is 0 Å². The smallest absolute Gasteiger partial charge is 0.0251 e. The molecule has 19 heavy (non-hydrogen) atoms. The molecule has 1 saturated carbocycles. The Hall–Kier alpha value is -0.860. The average molecular weight is 260 g/mol. The highest BCUT2D eigenvalue weighted by Crippen LogP contribution is 2.29. The topological polar surface area (TPSA) is 38.0 Å². The Morgan fingerprint density at radius 3 is 2.68 bits per heavy atom. The van der Waals surface area contributed by atoms with Gasteiger partial charge in [-0.15, -0.1) is 0 Å². The molecule has 1 aromatic carbocycles. The van der Waals surface area contributed by atoms with Crippen molar-refractivity contribution < 1.29 is 0 Å². The summed E-state index contributed by atoms with van der Waals surface area (Å²) >= 11 is 0. The molecule has 1 fully saturated rings. The van der Waals surface area contributed by atoms with E-state index >= 15 is 0 Å². The van der Waals surface area contributed by atoms with Gasteiger partial charge in [0, 0.05) is 6.04 Å². The summed E-state index contributed by atoms with van der Waals surface area (Å²) in [6.07, 6.45) is 9.32. The first-order valence-corrected chi connectivity index (χ1v) is 7.71. The van der Waals surface area contributed by atoms with Gasteiger partial charge in [0.1, 0.15) is 0 Å². The second-order valence-corrected chi connectivity index (χ2v) is 6.23. The second-order valence-electron chi connectivity index (χ2n) is 6.23. The van der Waals surface area contributed by atoms with Gasteiger partial charge in [-0.1, -0.05) is 49.4 Å². The van der Waals surface area contributed by atoms with E-state index < -0.39 is 0 Å². The van der Waals surface area contributed by atoms with E-state index in [1.165, 1.54) is 55.2 Å². The summed E-state index contributed by atoms with van der Waals surface area (Å²) < 4.78 is 0. The van der Waals surface area contributed by atoms with Gasteiger partial charge >= 0.3 is 0 Å². The van der Waals surface area contributed by atoms with Crippen LogP contribution in [0.4, 0.5) is 0 Å². The minimum atomic E-state index is 0.418. The van der Waals surface area contributed by atoms with Crippen LogP contribution in [0.2, 0.25) is 0 Å². The van der Waals surface area contributed by atoms with Crippen molar-refractivity contribution in [3.63, 3.8) is 0 Å². The molecule has 0 spiro atoms. The Balaban J connectivity index is 1.88. The molecule has 106 valence electrons. The summed E-state index contributed by atoms with van der Waals surface area (Å²) in [4.78, 5) is 0. The van der Waals surface area contributed by atoms with E-state index in [0.717, 1.165) is 12.3 Å². The van der Waals surface area contributed by atoms with Gasteiger partial charge < -0.3 is 0 Å². The second kappa shape index (κ2) is 7.06. The van der Waals surface area contributed by atoms with Gasteiger partial charge in [-0.25, -0.2) is 0 Å². The summed E-state index contributed by atoms with van der Waals surface area (Å²) in [5, 5.41) is 0. The van der Waals surface area contributed by atoms with Crippen LogP contribution < -0.4 is 11.3 Å². The van der Waals surface area contributed by atoms with Crippen LogP contribution in [0.15, 0.2) is 18.2 Å². The quantitative estimate of drug-likeness (QED) is 0.605. The van der Waals surface area contributed by atoms with E-state index in [1.807, 2.05) is 0 Å². The maximum absolute atomic E-state index is 5.74. The predicted molar refractivity (Wildman–Crippen MR) is 81.9 cm³/mol. The van der Waals surface area contributed by atoms with E-state index in [4.69, 9.17) is 5.84 Å². The number of aryl methyl sites for hydroxylation is 2. The maximum atomic E-state index is 5.74. The molecule has 0 amide bonds. The summed E-state index contributed by atoms with van der Waals surface area (Å²) in [5.74, 6) is 6.70. The standard InChI is InChI=1S/C17H28N2/c1-13-7-8-14(2)16(11-13)12-17(19-18)10-9-15-5-3-4-6-15/h7-8,11,15,17,19H,3-6,9-10,12,18H2,1-2H3. The number of hydrogen-bond acceptors (Lipinski definition) is 2. The van der Waals surface area contributed by atoms with Crippen LogP contribution >= 0.6 is 0 Å². The molecule has 0 heterocycles. The molecule has 3 N–H and O–H groups in total. The number of nitrogens with two attached hydrogens (primary N) is 1. The zero-order valence-electron chi connectivity index (χ0n) is 12.4. The van der Waals surface area contributed by atoms with Crippen molar-refractivity contribution in [1.29, 1.82) is 0 Å². The molecule has 1 atom stereocenters. The highest BCUT2D eigenvalue weighted by Gasteiger charge is 2.17. The van der Waals surface area contributed by atoms with Crippen molar-refractivity contribution in [2.45, 2.75) is 64.8 Å². The van der Waals surface area contributed by atoms with E-state index in [1.54, 1.807) is 0 Å². The molecule has 0 saturated heterocycles. The molecule has 1 unspecified atom stereocenters. The summed E-state index contributed by atoms with van der Waals surface area (Å²) in [6.45, 7) is 4.35. The number of rotatable bonds is 6. The number of hydrazine groups is 1. The van der Waals surface area contributed by atoms with Crippen LogP contribution in [0, 0.1) is 19.8 Å². The number of hydrogen-bond donors (Lipinski definition) is 2. The third-order valence-corrected chi connectivity index (χ3v) is 4.60. The Bertz CT molecular complexity index is 394. The first-order chi connectivity index (χ1) is 9.19. The first kappa shape index (κ1) is 14.5. The largest absolute Gasteiger partial charge is 0.271 e. The van der Waals surface area contributed by atoms with Crippen LogP contribution in [0.5, 0.6) is 0 Å². The number of benzene rings is 1. The van der Waals surface area contributed by atoms with Crippen molar-refractivity contribution in [2.24, 2.45) is 11.8 Å². The summed E-state index contributed by atoms with van der Waals surface area (Å²) in [6, 6.07) is 7.12. The molecule has 0 aliphatic heterocycles. The van der Waals surface area contributed by atoms with Crippen molar-refractivity contribution in [2.75, 3.05) is 0 Å². The molecule has 2 heteroatoms. The molecule has 2 nitrogen and oxygen atoms in total. The van der Waals surface area contributed by atoms with Crippen molar-refractivity contribution in [3.05, 3.63) is 34.9 Å². The predicted octanol–water partition coefficient (Wildman–Crippen LogP) is 3.65. The fraction of sp³-hybridized carbons (Fsp3) is 0.647. The molecule has 1 aliphatic carbocycles. The van der Waals surface area contributed by atoms with Crippen LogP contribution in [0.1, 0.15) is 55.2 Å². The lowest BCUT2D eigenvalue weighted by molar-refractivity contribution is 0.406. The third kappa shape index (κ3) is 4.32. The highest BCUT2D eigenvalue weighted by atomic mass is 15.2. The maximum Gasteiger partial charge on any atom is 0.0251 e. The molecule has 0 radical (unpaired) electrons. The van der Waals surface area contributed by atoms with Gasteiger partial charge in [-0.05, 0) is 50.2 Å². The van der Waals surface area contributed by atoms with E-state index in [0.29, 0.717) is 6.04 Å². The van der Waals surface area contributed by atoms with Crippen LogP contribution in [0.25, 0.3) is 0 Å². The Kier molecular flexibility index (Phi) is 5.41. The minimum absolute atomic E-state index is 0.418. The molecule has 2 rings (SSSR count). The molecular formula is C17H28N2. The lowest BCUT2D eigenvalue weighted by Crippen LogP contribution is -2.37. The fourth-order valence-corrected chi connectivity index (χ4v) is 3.27. The average Bonchev–Trinajstić information content (AvgIpc) is 2.91. The van der Waals surface area contributed by atoms with E-state index in [2.05, 4.69) is 37.5 Å². The molecule has 1 aromatic rings. The lowest BCUT2D eigenvalue weighted by atomic mass is 9.93. The zero-order chi connectivity index (χ0) is 13.7. The van der Waals surface area contributed by atoms with Crippen molar-refractivity contribution >= 4 is 0 Å². The van der Waals surface area contributed by atoms with Crippen LogP contribution in [-0.4, -0.2) is 6.04 Å².